The molecular formula is C13H17N3O3. The third kappa shape index (κ3) is 2.85. The highest BCUT2D eigenvalue weighted by atomic mass is 16.5. The van der Waals surface area contributed by atoms with Gasteiger partial charge in [0.25, 0.3) is 0 Å². The number of nitrogens with zero attached hydrogens (tertiary/aromatic N) is 2. The van der Waals surface area contributed by atoms with Crippen LogP contribution in [0.3, 0.4) is 0 Å². The van der Waals surface area contributed by atoms with Gasteiger partial charge in [-0.15, -0.1) is 0 Å². The van der Waals surface area contributed by atoms with Crippen LogP contribution in [0.1, 0.15) is 25.3 Å². The Hall–Kier alpha value is -2.08. The zero-order valence-corrected chi connectivity index (χ0v) is 11.2. The van der Waals surface area contributed by atoms with E-state index in [-0.39, 0.29) is 6.04 Å². The first-order chi connectivity index (χ1) is 9.17. The predicted molar refractivity (Wildman–Crippen MR) is 70.1 cm³/mol. The maximum Gasteiger partial charge on any atom is 0.243 e. The molecule has 0 amide bonds. The van der Waals surface area contributed by atoms with Crippen molar-refractivity contribution >= 4 is 0 Å². The topological polar surface area (TPSA) is 83.4 Å². The molecule has 19 heavy (non-hydrogen) atoms. The van der Waals surface area contributed by atoms with Gasteiger partial charge in [0.1, 0.15) is 11.5 Å². The summed E-state index contributed by atoms with van der Waals surface area (Å²) in [4.78, 5) is 4.29. The molecule has 2 N–H and O–H groups in total. The number of hydrogen-bond acceptors (Lipinski definition) is 6. The van der Waals surface area contributed by atoms with Gasteiger partial charge in [-0.05, 0) is 18.6 Å². The van der Waals surface area contributed by atoms with E-state index < -0.39 is 0 Å². The van der Waals surface area contributed by atoms with E-state index in [0.717, 1.165) is 12.0 Å². The van der Waals surface area contributed by atoms with Gasteiger partial charge in [-0.3, -0.25) is 0 Å². The summed E-state index contributed by atoms with van der Waals surface area (Å²) in [5.41, 5.74) is 6.61. The molecule has 2 aromatic rings. The van der Waals surface area contributed by atoms with Gasteiger partial charge in [0, 0.05) is 11.6 Å². The lowest BCUT2D eigenvalue weighted by atomic mass is 10.2. The number of methoxy groups -OCH3 is 2. The molecule has 1 heterocycles. The number of benzene rings is 1. The van der Waals surface area contributed by atoms with Crippen LogP contribution in [-0.4, -0.2) is 24.4 Å². The number of aromatic nitrogens is 2. The van der Waals surface area contributed by atoms with Gasteiger partial charge in [-0.1, -0.05) is 12.1 Å². The molecule has 0 aliphatic carbocycles. The smallest absolute Gasteiger partial charge is 0.243 e. The zero-order chi connectivity index (χ0) is 13.8. The number of ether oxygens (including phenoxy) is 2. The molecule has 1 atom stereocenters. The maximum absolute atomic E-state index is 5.85. The highest BCUT2D eigenvalue weighted by Gasteiger charge is 2.15. The summed E-state index contributed by atoms with van der Waals surface area (Å²) in [5, 5.41) is 3.93. The molecule has 0 fully saturated rings. The number of hydrogen-bond donors (Lipinski definition) is 1. The molecule has 0 bridgehead atoms. The van der Waals surface area contributed by atoms with E-state index in [9.17, 15) is 0 Å². The van der Waals surface area contributed by atoms with E-state index in [0.29, 0.717) is 23.2 Å². The van der Waals surface area contributed by atoms with E-state index in [4.69, 9.17) is 19.7 Å². The fourth-order valence-electron chi connectivity index (χ4n) is 1.61. The Bertz CT molecular complexity index is 532. The van der Waals surface area contributed by atoms with Gasteiger partial charge >= 0.3 is 0 Å². The van der Waals surface area contributed by atoms with Crippen LogP contribution in [0.5, 0.6) is 11.5 Å². The lowest BCUT2D eigenvalue weighted by Crippen LogP contribution is -2.08. The molecule has 6 heteroatoms. The summed E-state index contributed by atoms with van der Waals surface area (Å²) >= 11 is 0. The molecule has 2 rings (SSSR count). The molecule has 0 spiro atoms. The Labute approximate surface area is 111 Å². The van der Waals surface area contributed by atoms with E-state index in [1.807, 2.05) is 19.1 Å². The number of rotatable bonds is 5. The van der Waals surface area contributed by atoms with Crippen LogP contribution in [0.25, 0.3) is 11.4 Å². The Balaban J connectivity index is 2.37. The van der Waals surface area contributed by atoms with Crippen molar-refractivity contribution in [3.8, 4) is 22.9 Å². The van der Waals surface area contributed by atoms with E-state index in [1.165, 1.54) is 0 Å². The fraction of sp³-hybridized carbons (Fsp3) is 0.385. The second-order valence-electron chi connectivity index (χ2n) is 4.07. The molecule has 1 aromatic carbocycles. The molecule has 0 aliphatic heterocycles. The average Bonchev–Trinajstić information content (AvgIpc) is 2.95. The second kappa shape index (κ2) is 5.71. The zero-order valence-electron chi connectivity index (χ0n) is 11.2. The quantitative estimate of drug-likeness (QED) is 0.890. The standard InChI is InChI=1S/C13H17N3O3/c1-4-11(14)13-15-12(16-19-13)8-5-9(17-2)7-10(6-8)18-3/h5-7,11H,4,14H2,1-3H3/t11-/m0/s1. The van der Waals surface area contributed by atoms with Crippen LogP contribution >= 0.6 is 0 Å². The third-order valence-corrected chi connectivity index (χ3v) is 2.81. The lowest BCUT2D eigenvalue weighted by Gasteiger charge is -2.05. The minimum absolute atomic E-state index is 0.242. The lowest BCUT2D eigenvalue weighted by molar-refractivity contribution is 0.352. The Morgan fingerprint density at radius 3 is 2.37 bits per heavy atom. The molecule has 0 unspecified atom stereocenters. The summed E-state index contributed by atoms with van der Waals surface area (Å²) in [6, 6.07) is 5.17. The summed E-state index contributed by atoms with van der Waals surface area (Å²) < 4.78 is 15.6. The first kappa shape index (κ1) is 13.4. The molecule has 0 radical (unpaired) electrons. The normalized spacial score (nSPS) is 12.2. The van der Waals surface area contributed by atoms with E-state index in [1.54, 1.807) is 20.3 Å². The second-order valence-corrected chi connectivity index (χ2v) is 4.07. The number of nitrogens with two attached hydrogens (primary N) is 1. The summed E-state index contributed by atoms with van der Waals surface area (Å²) in [5.74, 6) is 2.23. The van der Waals surface area contributed by atoms with Gasteiger partial charge in [0.2, 0.25) is 11.7 Å². The molecule has 102 valence electrons. The molecular weight excluding hydrogens is 246 g/mol. The monoisotopic (exact) mass is 263 g/mol. The highest BCUT2D eigenvalue weighted by Crippen LogP contribution is 2.28. The Morgan fingerprint density at radius 1 is 1.21 bits per heavy atom. The van der Waals surface area contributed by atoms with Crippen LogP contribution in [0, 0.1) is 0 Å². The van der Waals surface area contributed by atoms with Crippen molar-refractivity contribution < 1.29 is 14.0 Å². The van der Waals surface area contributed by atoms with Crippen LogP contribution < -0.4 is 15.2 Å². The van der Waals surface area contributed by atoms with Crippen molar-refractivity contribution in [2.75, 3.05) is 14.2 Å². The van der Waals surface area contributed by atoms with Crippen LogP contribution in [-0.2, 0) is 0 Å². The van der Waals surface area contributed by atoms with Gasteiger partial charge in [0.15, 0.2) is 0 Å². The van der Waals surface area contributed by atoms with Crippen LogP contribution in [0.2, 0.25) is 0 Å². The Kier molecular flexibility index (Phi) is 4.01. The van der Waals surface area contributed by atoms with Crippen molar-refractivity contribution in [3.63, 3.8) is 0 Å². The van der Waals surface area contributed by atoms with Crippen molar-refractivity contribution in [1.29, 1.82) is 0 Å². The van der Waals surface area contributed by atoms with Crippen molar-refractivity contribution in [2.24, 2.45) is 5.73 Å². The predicted octanol–water partition coefficient (Wildman–Crippen LogP) is 2.16. The molecule has 1 aromatic heterocycles. The van der Waals surface area contributed by atoms with Crippen LogP contribution in [0.15, 0.2) is 22.7 Å². The molecule has 0 saturated carbocycles. The Morgan fingerprint density at radius 2 is 1.84 bits per heavy atom. The largest absolute Gasteiger partial charge is 0.497 e. The van der Waals surface area contributed by atoms with Gasteiger partial charge in [-0.2, -0.15) is 4.98 Å². The van der Waals surface area contributed by atoms with Crippen molar-refractivity contribution in [1.82, 2.24) is 10.1 Å². The first-order valence-electron chi connectivity index (χ1n) is 6.00. The van der Waals surface area contributed by atoms with E-state index >= 15 is 0 Å². The molecule has 6 nitrogen and oxygen atoms in total. The van der Waals surface area contributed by atoms with Gasteiger partial charge < -0.3 is 19.7 Å². The maximum atomic E-state index is 5.85. The first-order valence-corrected chi connectivity index (χ1v) is 6.00. The summed E-state index contributed by atoms with van der Waals surface area (Å²) in [7, 11) is 3.18. The van der Waals surface area contributed by atoms with E-state index in [2.05, 4.69) is 10.1 Å². The van der Waals surface area contributed by atoms with Crippen molar-refractivity contribution in [3.05, 3.63) is 24.1 Å². The summed E-state index contributed by atoms with van der Waals surface area (Å²) in [6.45, 7) is 1.96. The minimum Gasteiger partial charge on any atom is -0.497 e. The van der Waals surface area contributed by atoms with Gasteiger partial charge in [-0.25, -0.2) is 0 Å². The highest BCUT2D eigenvalue weighted by molar-refractivity contribution is 5.60. The molecule has 0 aliphatic rings. The average molecular weight is 263 g/mol. The minimum atomic E-state index is -0.242. The summed E-state index contributed by atoms with van der Waals surface area (Å²) in [6.07, 6.45) is 0.739. The van der Waals surface area contributed by atoms with Gasteiger partial charge in [0.05, 0.1) is 20.3 Å². The van der Waals surface area contributed by atoms with Crippen molar-refractivity contribution in [2.45, 2.75) is 19.4 Å². The van der Waals surface area contributed by atoms with Crippen LogP contribution in [0.4, 0.5) is 0 Å². The molecule has 0 saturated heterocycles. The SMILES string of the molecule is CC[C@H](N)c1nc(-c2cc(OC)cc(OC)c2)no1. The third-order valence-electron chi connectivity index (χ3n) is 2.81. The fourth-order valence-corrected chi connectivity index (χ4v) is 1.61.